The minimum absolute atomic E-state index is 0.223. The second-order valence-electron chi connectivity index (χ2n) is 7.86. The number of hydrogen-bond donors (Lipinski definition) is 0. The van der Waals surface area contributed by atoms with Gasteiger partial charge < -0.3 is 4.84 Å². The van der Waals surface area contributed by atoms with E-state index >= 15 is 0 Å². The first-order valence-corrected chi connectivity index (χ1v) is 11.0. The van der Waals surface area contributed by atoms with Crippen LogP contribution in [-0.4, -0.2) is 42.8 Å². The number of rotatable bonds is 5. The fourth-order valence-electron chi connectivity index (χ4n) is 3.88. The van der Waals surface area contributed by atoms with E-state index in [1.54, 1.807) is 22.2 Å². The van der Waals surface area contributed by atoms with Crippen molar-refractivity contribution >= 4 is 32.9 Å². The highest BCUT2D eigenvalue weighted by Crippen LogP contribution is 2.36. The number of oxime groups is 1. The Hall–Kier alpha value is -2.84. The number of fused-ring (bicyclic) bond motifs is 5. The molecule has 1 aliphatic heterocycles. The van der Waals surface area contributed by atoms with E-state index in [9.17, 15) is 0 Å². The Kier molecular flexibility index (Phi) is 4.96. The molecule has 0 fully saturated rings. The Balaban J connectivity index is 1.41. The van der Waals surface area contributed by atoms with Gasteiger partial charge in [-0.15, -0.1) is 16.4 Å². The zero-order valence-corrected chi connectivity index (χ0v) is 18.2. The Labute approximate surface area is 179 Å². The van der Waals surface area contributed by atoms with Gasteiger partial charge in [-0.05, 0) is 38.3 Å². The summed E-state index contributed by atoms with van der Waals surface area (Å²) in [6.07, 6.45) is 2.77. The number of aromatic nitrogens is 4. The lowest BCUT2D eigenvalue weighted by Crippen LogP contribution is -2.35. The molecule has 154 valence electrons. The Morgan fingerprint density at radius 2 is 2.10 bits per heavy atom. The third kappa shape index (κ3) is 3.46. The highest BCUT2D eigenvalue weighted by Gasteiger charge is 2.25. The van der Waals surface area contributed by atoms with Gasteiger partial charge in [-0.25, -0.2) is 14.5 Å². The molecule has 1 aliphatic rings. The molecule has 30 heavy (non-hydrogen) atoms. The van der Waals surface area contributed by atoms with Gasteiger partial charge in [-0.1, -0.05) is 35.5 Å². The first kappa shape index (κ1) is 19.1. The van der Waals surface area contributed by atoms with Crippen LogP contribution in [-0.2, 0) is 24.4 Å². The third-order valence-electron chi connectivity index (χ3n) is 5.57. The van der Waals surface area contributed by atoms with Gasteiger partial charge in [0, 0.05) is 24.0 Å². The summed E-state index contributed by atoms with van der Waals surface area (Å²) >= 11 is 1.78. The Bertz CT molecular complexity index is 1230. The average molecular weight is 421 g/mol. The van der Waals surface area contributed by atoms with Crippen LogP contribution in [0.15, 0.2) is 41.8 Å². The third-order valence-corrected chi connectivity index (χ3v) is 6.69. The molecule has 3 aromatic heterocycles. The van der Waals surface area contributed by atoms with Crippen LogP contribution in [0.3, 0.4) is 0 Å². The first-order valence-electron chi connectivity index (χ1n) is 10.2. The smallest absolute Gasteiger partial charge is 0.192 e. The van der Waals surface area contributed by atoms with Gasteiger partial charge >= 0.3 is 0 Å². The number of benzene rings is 1. The fraction of sp³-hybridized carbons (Fsp3) is 0.364. The van der Waals surface area contributed by atoms with Crippen molar-refractivity contribution in [2.24, 2.45) is 5.16 Å². The molecule has 0 N–H and O–H groups in total. The standard InChI is InChI=1S/C22H24N6OS/c1-14(2)27-10-9-17-18(11-27)30-22-20(17)21-24-19(25-28(21)13-23-22)12-29-26-15(3)16-7-5-4-6-8-16/h4-8,13-14H,9-12H2,1-3H3/b26-15+. The molecule has 0 amide bonds. The average Bonchev–Trinajstić information content (AvgIpc) is 3.34. The second-order valence-corrected chi connectivity index (χ2v) is 8.94. The molecule has 0 spiro atoms. The zero-order valence-electron chi connectivity index (χ0n) is 17.4. The first-order chi connectivity index (χ1) is 14.6. The van der Waals surface area contributed by atoms with Crippen LogP contribution in [0.25, 0.3) is 15.9 Å². The highest BCUT2D eigenvalue weighted by atomic mass is 32.1. The van der Waals surface area contributed by atoms with E-state index in [1.807, 2.05) is 37.3 Å². The topological polar surface area (TPSA) is 67.9 Å². The maximum atomic E-state index is 5.54. The predicted molar refractivity (Wildman–Crippen MR) is 119 cm³/mol. The normalized spacial score (nSPS) is 15.3. The molecule has 7 nitrogen and oxygen atoms in total. The predicted octanol–water partition coefficient (Wildman–Crippen LogP) is 4.05. The van der Waals surface area contributed by atoms with Crippen molar-refractivity contribution < 1.29 is 4.84 Å². The van der Waals surface area contributed by atoms with Crippen LogP contribution < -0.4 is 0 Å². The lowest BCUT2D eigenvalue weighted by Gasteiger charge is -2.30. The quantitative estimate of drug-likeness (QED) is 0.360. The van der Waals surface area contributed by atoms with E-state index in [-0.39, 0.29) is 6.61 Å². The summed E-state index contributed by atoms with van der Waals surface area (Å²) in [7, 11) is 0. The molecule has 0 saturated carbocycles. The van der Waals surface area contributed by atoms with E-state index in [4.69, 9.17) is 9.82 Å². The number of hydrogen-bond acceptors (Lipinski definition) is 7. The van der Waals surface area contributed by atoms with Gasteiger partial charge in [0.15, 0.2) is 18.1 Å². The monoisotopic (exact) mass is 420 g/mol. The van der Waals surface area contributed by atoms with Gasteiger partial charge in [-0.3, -0.25) is 4.90 Å². The molecular formula is C22H24N6OS. The van der Waals surface area contributed by atoms with Crippen LogP contribution in [0.5, 0.6) is 0 Å². The van der Waals surface area contributed by atoms with Crippen molar-refractivity contribution in [3.63, 3.8) is 0 Å². The molecule has 0 bridgehead atoms. The summed E-state index contributed by atoms with van der Waals surface area (Å²) in [5.41, 5.74) is 4.09. The molecule has 4 heterocycles. The molecule has 0 radical (unpaired) electrons. The van der Waals surface area contributed by atoms with Crippen molar-refractivity contribution in [3.8, 4) is 0 Å². The molecule has 1 aromatic carbocycles. The summed E-state index contributed by atoms with van der Waals surface area (Å²) < 4.78 is 1.76. The maximum absolute atomic E-state index is 5.54. The SMILES string of the molecule is C/C(=N\OCc1nc2c3c4c(sc3ncn2n1)CN(C(C)C)CC4)c1ccccc1. The van der Waals surface area contributed by atoms with Gasteiger partial charge in [0.05, 0.1) is 11.1 Å². The van der Waals surface area contributed by atoms with Gasteiger partial charge in [0.25, 0.3) is 0 Å². The van der Waals surface area contributed by atoms with E-state index in [0.717, 1.165) is 46.6 Å². The Morgan fingerprint density at radius 1 is 1.27 bits per heavy atom. The largest absolute Gasteiger partial charge is 0.387 e. The van der Waals surface area contributed by atoms with Crippen molar-refractivity contribution in [1.82, 2.24) is 24.5 Å². The second kappa shape index (κ2) is 7.77. The summed E-state index contributed by atoms with van der Waals surface area (Å²) in [6, 6.07) is 10.5. The van der Waals surface area contributed by atoms with Crippen molar-refractivity contribution in [2.75, 3.05) is 6.54 Å². The highest BCUT2D eigenvalue weighted by molar-refractivity contribution is 7.19. The minimum Gasteiger partial charge on any atom is -0.387 e. The lowest BCUT2D eigenvalue weighted by atomic mass is 10.0. The van der Waals surface area contributed by atoms with Gasteiger partial charge in [0.2, 0.25) is 0 Å². The Morgan fingerprint density at radius 3 is 2.90 bits per heavy atom. The molecule has 0 saturated heterocycles. The number of thiophene rings is 1. The van der Waals surface area contributed by atoms with E-state index in [1.165, 1.54) is 10.4 Å². The minimum atomic E-state index is 0.223. The summed E-state index contributed by atoms with van der Waals surface area (Å²) in [5.74, 6) is 0.605. The molecule has 8 heteroatoms. The van der Waals surface area contributed by atoms with Crippen LogP contribution in [0.1, 0.15) is 42.6 Å². The lowest BCUT2D eigenvalue weighted by molar-refractivity contribution is 0.125. The van der Waals surface area contributed by atoms with Crippen molar-refractivity contribution in [2.45, 2.75) is 46.4 Å². The van der Waals surface area contributed by atoms with E-state index in [2.05, 4.69) is 34.0 Å². The van der Waals surface area contributed by atoms with Gasteiger partial charge in [-0.2, -0.15) is 0 Å². The summed E-state index contributed by atoms with van der Waals surface area (Å²) in [6.45, 7) is 8.70. The van der Waals surface area contributed by atoms with Crippen LogP contribution in [0.2, 0.25) is 0 Å². The van der Waals surface area contributed by atoms with E-state index < -0.39 is 0 Å². The summed E-state index contributed by atoms with van der Waals surface area (Å²) in [4.78, 5) is 19.9. The van der Waals surface area contributed by atoms with Crippen LogP contribution >= 0.6 is 11.3 Å². The maximum Gasteiger partial charge on any atom is 0.192 e. The van der Waals surface area contributed by atoms with Gasteiger partial charge in [0.1, 0.15) is 11.2 Å². The number of nitrogens with zero attached hydrogens (tertiary/aromatic N) is 6. The van der Waals surface area contributed by atoms with Crippen LogP contribution in [0, 0.1) is 0 Å². The zero-order chi connectivity index (χ0) is 20.7. The molecule has 5 rings (SSSR count). The van der Waals surface area contributed by atoms with Crippen LogP contribution in [0.4, 0.5) is 0 Å². The molecule has 0 aliphatic carbocycles. The molecule has 0 unspecified atom stereocenters. The fourth-order valence-corrected chi connectivity index (χ4v) is 5.08. The van der Waals surface area contributed by atoms with Crippen molar-refractivity contribution in [3.05, 3.63) is 58.5 Å². The molecular weight excluding hydrogens is 396 g/mol. The van der Waals surface area contributed by atoms with E-state index in [0.29, 0.717) is 11.9 Å². The summed E-state index contributed by atoms with van der Waals surface area (Å²) in [5, 5.41) is 9.90. The van der Waals surface area contributed by atoms with Crippen molar-refractivity contribution in [1.29, 1.82) is 0 Å². The molecule has 4 aromatic rings. The molecule has 0 atom stereocenters.